The lowest BCUT2D eigenvalue weighted by Gasteiger charge is -2.32. The standard InChI is InChI=1S/C14H20N2O4/c1-2-7-15-8-9-19-12(10-15)11-20-14-6-4-3-5-13(14)16(17)18/h3-6,12H,2,7-11H2,1H3. The van der Waals surface area contributed by atoms with Gasteiger partial charge in [0.05, 0.1) is 11.5 Å². The fourth-order valence-corrected chi connectivity index (χ4v) is 2.31. The van der Waals surface area contributed by atoms with E-state index in [1.54, 1.807) is 18.2 Å². The first-order valence-electron chi connectivity index (χ1n) is 6.91. The van der Waals surface area contributed by atoms with Gasteiger partial charge in [-0.3, -0.25) is 15.0 Å². The molecule has 0 aliphatic carbocycles. The fraction of sp³-hybridized carbons (Fsp3) is 0.571. The second-order valence-electron chi connectivity index (χ2n) is 4.83. The van der Waals surface area contributed by atoms with Crippen LogP contribution < -0.4 is 4.74 Å². The summed E-state index contributed by atoms with van der Waals surface area (Å²) in [5, 5.41) is 10.9. The topological polar surface area (TPSA) is 64.8 Å². The number of hydrogen-bond donors (Lipinski definition) is 0. The molecule has 1 saturated heterocycles. The molecular weight excluding hydrogens is 260 g/mol. The maximum absolute atomic E-state index is 10.9. The van der Waals surface area contributed by atoms with Crippen LogP contribution in [0.5, 0.6) is 5.75 Å². The van der Waals surface area contributed by atoms with E-state index in [0.717, 1.165) is 26.1 Å². The Hall–Kier alpha value is -1.66. The molecule has 2 rings (SSSR count). The van der Waals surface area contributed by atoms with E-state index in [2.05, 4.69) is 11.8 Å². The van der Waals surface area contributed by atoms with Gasteiger partial charge in [-0.25, -0.2) is 0 Å². The molecule has 110 valence electrons. The van der Waals surface area contributed by atoms with Crippen molar-refractivity contribution in [1.29, 1.82) is 0 Å². The van der Waals surface area contributed by atoms with Gasteiger partial charge in [0.2, 0.25) is 0 Å². The van der Waals surface area contributed by atoms with Crippen LogP contribution in [0.25, 0.3) is 0 Å². The highest BCUT2D eigenvalue weighted by molar-refractivity contribution is 5.45. The first-order chi connectivity index (χ1) is 9.70. The zero-order valence-corrected chi connectivity index (χ0v) is 11.7. The van der Waals surface area contributed by atoms with E-state index in [-0.39, 0.29) is 11.8 Å². The van der Waals surface area contributed by atoms with Crippen molar-refractivity contribution in [1.82, 2.24) is 4.90 Å². The Kier molecular flexibility index (Phi) is 5.31. The van der Waals surface area contributed by atoms with E-state index < -0.39 is 4.92 Å². The molecule has 0 aromatic heterocycles. The minimum Gasteiger partial charge on any atom is -0.484 e. The molecule has 1 heterocycles. The molecule has 6 heteroatoms. The predicted molar refractivity (Wildman–Crippen MR) is 75.1 cm³/mol. The van der Waals surface area contributed by atoms with Crippen LogP contribution in [0.15, 0.2) is 24.3 Å². The van der Waals surface area contributed by atoms with Gasteiger partial charge in [-0.2, -0.15) is 0 Å². The van der Waals surface area contributed by atoms with Crippen molar-refractivity contribution >= 4 is 5.69 Å². The van der Waals surface area contributed by atoms with Crippen molar-refractivity contribution in [2.24, 2.45) is 0 Å². The van der Waals surface area contributed by atoms with Gasteiger partial charge in [-0.1, -0.05) is 19.1 Å². The number of nitrogens with zero attached hydrogens (tertiary/aromatic N) is 2. The molecule has 0 N–H and O–H groups in total. The van der Waals surface area contributed by atoms with Gasteiger partial charge in [0.25, 0.3) is 0 Å². The monoisotopic (exact) mass is 280 g/mol. The normalized spacial score (nSPS) is 19.8. The molecule has 0 amide bonds. The molecule has 1 fully saturated rings. The Labute approximate surface area is 118 Å². The van der Waals surface area contributed by atoms with Crippen LogP contribution in [0.2, 0.25) is 0 Å². The number of rotatable bonds is 6. The summed E-state index contributed by atoms with van der Waals surface area (Å²) in [5.74, 6) is 0.300. The molecule has 0 radical (unpaired) electrons. The second kappa shape index (κ2) is 7.21. The van der Waals surface area contributed by atoms with Gasteiger partial charge in [-0.15, -0.1) is 0 Å². The second-order valence-corrected chi connectivity index (χ2v) is 4.83. The third-order valence-electron chi connectivity index (χ3n) is 3.25. The summed E-state index contributed by atoms with van der Waals surface area (Å²) in [7, 11) is 0. The maximum atomic E-state index is 10.9. The Balaban J connectivity index is 1.90. The van der Waals surface area contributed by atoms with Gasteiger partial charge in [0.1, 0.15) is 12.7 Å². The SMILES string of the molecule is CCCN1CCOC(COc2ccccc2[N+](=O)[O-])C1. The van der Waals surface area contributed by atoms with Crippen molar-refractivity contribution in [2.75, 3.05) is 32.8 Å². The van der Waals surface area contributed by atoms with E-state index in [1.165, 1.54) is 6.07 Å². The summed E-state index contributed by atoms with van der Waals surface area (Å²) in [6.45, 7) is 5.97. The molecule has 1 unspecified atom stereocenters. The van der Waals surface area contributed by atoms with Crippen LogP contribution in [-0.2, 0) is 4.74 Å². The van der Waals surface area contributed by atoms with Crippen molar-refractivity contribution in [3.63, 3.8) is 0 Å². The molecule has 1 atom stereocenters. The zero-order chi connectivity index (χ0) is 14.4. The van der Waals surface area contributed by atoms with Gasteiger partial charge >= 0.3 is 5.69 Å². The van der Waals surface area contributed by atoms with Crippen LogP contribution >= 0.6 is 0 Å². The lowest BCUT2D eigenvalue weighted by Crippen LogP contribution is -2.45. The minimum atomic E-state index is -0.430. The van der Waals surface area contributed by atoms with Crippen LogP contribution in [0.3, 0.4) is 0 Å². The summed E-state index contributed by atoms with van der Waals surface area (Å²) in [5.41, 5.74) is -0.00581. The highest BCUT2D eigenvalue weighted by atomic mass is 16.6. The van der Waals surface area contributed by atoms with Crippen LogP contribution in [0, 0.1) is 10.1 Å². The summed E-state index contributed by atoms with van der Waals surface area (Å²) in [6, 6.07) is 6.42. The van der Waals surface area contributed by atoms with Crippen molar-refractivity contribution in [3.05, 3.63) is 34.4 Å². The van der Waals surface area contributed by atoms with Crippen LogP contribution in [-0.4, -0.2) is 48.8 Å². The van der Waals surface area contributed by atoms with E-state index >= 15 is 0 Å². The van der Waals surface area contributed by atoms with Crippen molar-refractivity contribution < 1.29 is 14.4 Å². The minimum absolute atomic E-state index is 0.00581. The summed E-state index contributed by atoms with van der Waals surface area (Å²) < 4.78 is 11.2. The highest BCUT2D eigenvalue weighted by Gasteiger charge is 2.22. The van der Waals surface area contributed by atoms with Gasteiger partial charge in [0.15, 0.2) is 5.75 Å². The number of nitro benzene ring substituents is 1. The average Bonchev–Trinajstić information content (AvgIpc) is 2.46. The molecule has 1 aliphatic rings. The number of para-hydroxylation sites is 2. The maximum Gasteiger partial charge on any atom is 0.310 e. The Morgan fingerprint density at radius 3 is 3.05 bits per heavy atom. The fourth-order valence-electron chi connectivity index (χ4n) is 2.31. The van der Waals surface area contributed by atoms with Gasteiger partial charge in [0, 0.05) is 19.2 Å². The molecule has 1 aromatic carbocycles. The Morgan fingerprint density at radius 1 is 1.50 bits per heavy atom. The van der Waals surface area contributed by atoms with Crippen LogP contribution in [0.1, 0.15) is 13.3 Å². The number of nitro groups is 1. The van der Waals surface area contributed by atoms with E-state index in [4.69, 9.17) is 9.47 Å². The van der Waals surface area contributed by atoms with E-state index in [1.807, 2.05) is 0 Å². The average molecular weight is 280 g/mol. The molecule has 0 spiro atoms. The summed E-state index contributed by atoms with van der Waals surface area (Å²) in [4.78, 5) is 12.8. The molecule has 1 aromatic rings. The van der Waals surface area contributed by atoms with E-state index in [9.17, 15) is 10.1 Å². The molecule has 0 saturated carbocycles. The smallest absolute Gasteiger partial charge is 0.310 e. The molecule has 20 heavy (non-hydrogen) atoms. The number of benzene rings is 1. The lowest BCUT2D eigenvalue weighted by atomic mass is 10.2. The predicted octanol–water partition coefficient (Wildman–Crippen LogP) is 2.08. The van der Waals surface area contributed by atoms with Gasteiger partial charge in [-0.05, 0) is 19.0 Å². The van der Waals surface area contributed by atoms with Crippen LogP contribution in [0.4, 0.5) is 5.69 Å². The highest BCUT2D eigenvalue weighted by Crippen LogP contribution is 2.26. The first-order valence-corrected chi connectivity index (χ1v) is 6.91. The molecule has 0 bridgehead atoms. The molecule has 1 aliphatic heterocycles. The third-order valence-corrected chi connectivity index (χ3v) is 3.25. The molecular formula is C14H20N2O4. The van der Waals surface area contributed by atoms with Crippen molar-refractivity contribution in [3.8, 4) is 5.75 Å². The summed E-state index contributed by atoms with van der Waals surface area (Å²) >= 11 is 0. The summed E-state index contributed by atoms with van der Waals surface area (Å²) in [6.07, 6.45) is 1.08. The number of ether oxygens (including phenoxy) is 2. The largest absolute Gasteiger partial charge is 0.484 e. The first kappa shape index (κ1) is 14.7. The zero-order valence-electron chi connectivity index (χ0n) is 11.7. The Morgan fingerprint density at radius 2 is 2.30 bits per heavy atom. The van der Waals surface area contributed by atoms with Gasteiger partial charge < -0.3 is 9.47 Å². The van der Waals surface area contributed by atoms with Crippen molar-refractivity contribution in [2.45, 2.75) is 19.4 Å². The van der Waals surface area contributed by atoms with E-state index in [0.29, 0.717) is 19.0 Å². The molecule has 6 nitrogen and oxygen atoms in total. The third kappa shape index (κ3) is 3.91. The Bertz CT molecular complexity index is 451. The number of morpholine rings is 1. The lowest BCUT2D eigenvalue weighted by molar-refractivity contribution is -0.385. The number of hydrogen-bond acceptors (Lipinski definition) is 5. The quantitative estimate of drug-likeness (QED) is 0.589.